The third-order valence-electron chi connectivity index (χ3n) is 4.64. The molecule has 8 nitrogen and oxygen atoms in total. The second-order valence-electron chi connectivity index (χ2n) is 6.63. The summed E-state index contributed by atoms with van der Waals surface area (Å²) in [6, 6.07) is 9.73. The predicted molar refractivity (Wildman–Crippen MR) is 112 cm³/mol. The van der Waals surface area contributed by atoms with E-state index in [4.69, 9.17) is 21.1 Å². The molecule has 1 saturated heterocycles. The summed E-state index contributed by atoms with van der Waals surface area (Å²) in [5.41, 5.74) is 1.01. The molecular formula is C21H22ClN3O5. The summed E-state index contributed by atoms with van der Waals surface area (Å²) in [4.78, 5) is 37.8. The number of ether oxygens (including phenoxy) is 2. The van der Waals surface area contributed by atoms with Crippen LogP contribution in [0.3, 0.4) is 0 Å². The Morgan fingerprint density at radius 1 is 1.00 bits per heavy atom. The summed E-state index contributed by atoms with van der Waals surface area (Å²) in [5.74, 6) is -0.554. The van der Waals surface area contributed by atoms with Gasteiger partial charge in [0, 0.05) is 31.3 Å². The fourth-order valence-corrected chi connectivity index (χ4v) is 3.59. The van der Waals surface area contributed by atoms with Crippen molar-refractivity contribution in [2.45, 2.75) is 13.3 Å². The van der Waals surface area contributed by atoms with Gasteiger partial charge in [-0.3, -0.25) is 14.4 Å². The lowest BCUT2D eigenvalue weighted by Gasteiger charge is -2.29. The Morgan fingerprint density at radius 3 is 2.33 bits per heavy atom. The van der Waals surface area contributed by atoms with E-state index in [1.165, 1.54) is 31.2 Å². The highest BCUT2D eigenvalue weighted by Crippen LogP contribution is 2.37. The number of halogens is 1. The van der Waals surface area contributed by atoms with Crippen molar-refractivity contribution in [2.24, 2.45) is 0 Å². The monoisotopic (exact) mass is 431 g/mol. The summed E-state index contributed by atoms with van der Waals surface area (Å²) in [5, 5.41) is 5.66. The molecule has 1 fully saturated rings. The van der Waals surface area contributed by atoms with Crippen LogP contribution in [0.1, 0.15) is 34.1 Å². The van der Waals surface area contributed by atoms with E-state index in [0.29, 0.717) is 36.5 Å². The first-order chi connectivity index (χ1) is 14.4. The van der Waals surface area contributed by atoms with Gasteiger partial charge < -0.3 is 14.8 Å². The van der Waals surface area contributed by atoms with Crippen LogP contribution in [-0.2, 0) is 4.79 Å². The zero-order valence-electron chi connectivity index (χ0n) is 16.9. The molecule has 3 amide bonds. The zero-order valence-corrected chi connectivity index (χ0v) is 17.7. The molecule has 0 radical (unpaired) electrons. The number of hydrazine groups is 1. The molecule has 0 atom stereocenters. The zero-order chi connectivity index (χ0) is 21.8. The maximum Gasteiger partial charge on any atom is 0.280 e. The van der Waals surface area contributed by atoms with Crippen LogP contribution >= 0.6 is 11.6 Å². The maximum absolute atomic E-state index is 13.4. The first kappa shape index (κ1) is 21.4. The highest BCUT2D eigenvalue weighted by Gasteiger charge is 2.35. The quantitative estimate of drug-likeness (QED) is 0.785. The lowest BCUT2D eigenvalue weighted by molar-refractivity contribution is -0.114. The SMILES string of the molecule is COc1ccc(Cl)c(OC)c1C(=O)N1CCCN1C(=O)c1cccc(NC(C)=O)c1. The molecule has 30 heavy (non-hydrogen) atoms. The van der Waals surface area contributed by atoms with E-state index in [2.05, 4.69) is 5.32 Å². The normalized spacial score (nSPS) is 13.2. The van der Waals surface area contributed by atoms with Crippen molar-refractivity contribution >= 4 is 35.0 Å². The van der Waals surface area contributed by atoms with Crippen LogP contribution in [-0.4, -0.2) is 55.0 Å². The Labute approximate surface area is 179 Å². The first-order valence-electron chi connectivity index (χ1n) is 9.29. The molecule has 0 saturated carbocycles. The van der Waals surface area contributed by atoms with E-state index < -0.39 is 5.91 Å². The first-order valence-corrected chi connectivity index (χ1v) is 9.67. The molecule has 1 aliphatic rings. The molecule has 158 valence electrons. The van der Waals surface area contributed by atoms with Gasteiger partial charge in [-0.1, -0.05) is 17.7 Å². The van der Waals surface area contributed by atoms with Gasteiger partial charge in [-0.15, -0.1) is 0 Å². The van der Waals surface area contributed by atoms with Gasteiger partial charge in [0.2, 0.25) is 5.91 Å². The molecular weight excluding hydrogens is 410 g/mol. The van der Waals surface area contributed by atoms with E-state index in [1.807, 2.05) is 0 Å². The minimum atomic E-state index is -0.449. The Kier molecular flexibility index (Phi) is 6.47. The number of anilines is 1. The van der Waals surface area contributed by atoms with E-state index in [9.17, 15) is 14.4 Å². The van der Waals surface area contributed by atoms with Gasteiger partial charge in [-0.05, 0) is 36.8 Å². The number of rotatable bonds is 5. The van der Waals surface area contributed by atoms with Crippen molar-refractivity contribution in [1.29, 1.82) is 0 Å². The van der Waals surface area contributed by atoms with Gasteiger partial charge in [0.25, 0.3) is 11.8 Å². The third kappa shape index (κ3) is 4.18. The van der Waals surface area contributed by atoms with Crippen LogP contribution in [0, 0.1) is 0 Å². The Bertz CT molecular complexity index is 995. The highest BCUT2D eigenvalue weighted by atomic mass is 35.5. The Hall–Kier alpha value is -3.26. The molecule has 0 aromatic heterocycles. The van der Waals surface area contributed by atoms with Gasteiger partial charge in [-0.25, -0.2) is 10.0 Å². The van der Waals surface area contributed by atoms with Crippen LogP contribution < -0.4 is 14.8 Å². The van der Waals surface area contributed by atoms with Crippen molar-refractivity contribution in [3.8, 4) is 11.5 Å². The summed E-state index contributed by atoms with van der Waals surface area (Å²) in [7, 11) is 2.86. The third-order valence-corrected chi connectivity index (χ3v) is 4.94. The average Bonchev–Trinajstić information content (AvgIpc) is 3.22. The van der Waals surface area contributed by atoms with Crippen molar-refractivity contribution in [3.05, 3.63) is 52.5 Å². The molecule has 1 heterocycles. The van der Waals surface area contributed by atoms with Crippen LogP contribution in [0.2, 0.25) is 5.02 Å². The van der Waals surface area contributed by atoms with Gasteiger partial charge in [0.05, 0.1) is 19.2 Å². The van der Waals surface area contributed by atoms with Gasteiger partial charge in [-0.2, -0.15) is 0 Å². The summed E-state index contributed by atoms with van der Waals surface area (Å²) in [6.45, 7) is 2.12. The highest BCUT2D eigenvalue weighted by molar-refractivity contribution is 6.32. The predicted octanol–water partition coefficient (Wildman–Crippen LogP) is 3.22. The standard InChI is InChI=1S/C21H22ClN3O5/c1-13(26)23-15-7-4-6-14(12-15)20(27)24-10-5-11-25(24)21(28)18-17(29-2)9-8-16(22)19(18)30-3/h4,6-9,12H,5,10-11H2,1-3H3,(H,23,26). The van der Waals surface area contributed by atoms with Crippen molar-refractivity contribution in [2.75, 3.05) is 32.6 Å². The number of carbonyl (C=O) groups excluding carboxylic acids is 3. The molecule has 9 heteroatoms. The molecule has 0 aliphatic carbocycles. The maximum atomic E-state index is 13.4. The number of hydrogen-bond donors (Lipinski definition) is 1. The number of nitrogens with zero attached hydrogens (tertiary/aromatic N) is 2. The van der Waals surface area contributed by atoms with Gasteiger partial charge in [0.15, 0.2) is 5.75 Å². The molecule has 0 unspecified atom stereocenters. The molecule has 1 N–H and O–H groups in total. The number of methoxy groups -OCH3 is 2. The molecule has 0 spiro atoms. The fraction of sp³-hybridized carbons (Fsp3) is 0.286. The van der Waals surface area contributed by atoms with Crippen LogP contribution in [0.15, 0.2) is 36.4 Å². The second kappa shape index (κ2) is 9.04. The number of carbonyl (C=O) groups is 3. The minimum Gasteiger partial charge on any atom is -0.496 e. The van der Waals surface area contributed by atoms with E-state index in [1.54, 1.807) is 36.4 Å². The van der Waals surface area contributed by atoms with Crippen LogP contribution in [0.4, 0.5) is 5.69 Å². The minimum absolute atomic E-state index is 0.152. The van der Waals surface area contributed by atoms with Crippen molar-refractivity contribution in [3.63, 3.8) is 0 Å². The van der Waals surface area contributed by atoms with E-state index in [0.717, 1.165) is 0 Å². The largest absolute Gasteiger partial charge is 0.496 e. The van der Waals surface area contributed by atoms with E-state index >= 15 is 0 Å². The molecule has 2 aromatic carbocycles. The van der Waals surface area contributed by atoms with E-state index in [-0.39, 0.29) is 28.1 Å². The molecule has 0 bridgehead atoms. The Morgan fingerprint density at radius 2 is 1.70 bits per heavy atom. The fourth-order valence-electron chi connectivity index (χ4n) is 3.36. The summed E-state index contributed by atoms with van der Waals surface area (Å²) in [6.07, 6.45) is 0.619. The molecule has 2 aromatic rings. The second-order valence-corrected chi connectivity index (χ2v) is 7.04. The summed E-state index contributed by atoms with van der Waals surface area (Å²) >= 11 is 6.20. The van der Waals surface area contributed by atoms with Gasteiger partial charge in [0.1, 0.15) is 11.3 Å². The van der Waals surface area contributed by atoms with Crippen LogP contribution in [0.25, 0.3) is 0 Å². The lowest BCUT2D eigenvalue weighted by Crippen LogP contribution is -2.45. The molecule has 3 rings (SSSR count). The number of amides is 3. The number of hydrogen-bond acceptors (Lipinski definition) is 5. The number of benzene rings is 2. The van der Waals surface area contributed by atoms with Crippen molar-refractivity contribution in [1.82, 2.24) is 10.0 Å². The van der Waals surface area contributed by atoms with Crippen molar-refractivity contribution < 1.29 is 23.9 Å². The Balaban J connectivity index is 1.93. The number of nitrogens with one attached hydrogen (secondary N) is 1. The molecule has 1 aliphatic heterocycles. The lowest BCUT2D eigenvalue weighted by atomic mass is 10.1. The summed E-state index contributed by atoms with van der Waals surface area (Å²) < 4.78 is 10.7. The van der Waals surface area contributed by atoms with Crippen LogP contribution in [0.5, 0.6) is 11.5 Å². The van der Waals surface area contributed by atoms with Gasteiger partial charge >= 0.3 is 0 Å². The average molecular weight is 432 g/mol. The topological polar surface area (TPSA) is 88.2 Å². The smallest absolute Gasteiger partial charge is 0.280 e.